The lowest BCUT2D eigenvalue weighted by Crippen LogP contribution is -2.52. The number of ketones is 3. The number of benzene rings is 1. The Kier molecular flexibility index (Phi) is 28.9. The van der Waals surface area contributed by atoms with Crippen molar-refractivity contribution in [3.05, 3.63) is 54.1 Å². The van der Waals surface area contributed by atoms with Crippen molar-refractivity contribution in [2.75, 3.05) is 51.9 Å². The Balaban J connectivity index is 1.70. The molecule has 2 heterocycles. The van der Waals surface area contributed by atoms with Gasteiger partial charge in [0.25, 0.3) is 0 Å². The van der Waals surface area contributed by atoms with E-state index in [-0.39, 0.29) is 82.1 Å². The Labute approximate surface area is 434 Å². The fourth-order valence-electron chi connectivity index (χ4n) is 8.64. The summed E-state index contributed by atoms with van der Waals surface area (Å²) in [5, 5.41) is 18.4. The number of aliphatic hydroxyl groups excluding tert-OH is 1. The molecule has 8 N–H and O–H groups in total. The van der Waals surface area contributed by atoms with E-state index in [4.69, 9.17) is 15.2 Å². The number of ether oxygens (including phenoxy) is 2. The second-order valence-corrected chi connectivity index (χ2v) is 20.6. The first kappa shape index (κ1) is 62.9. The number of carbonyl (C=O) groups is 7. The third kappa shape index (κ3) is 23.8. The fourth-order valence-corrected chi connectivity index (χ4v) is 9.39. The molecule has 23 heteroatoms. The highest BCUT2D eigenvalue weighted by atomic mass is 32.1. The predicted molar refractivity (Wildman–Crippen MR) is 275 cm³/mol. The number of hydrogen-bond donors (Lipinski definition) is 8. The van der Waals surface area contributed by atoms with Gasteiger partial charge >= 0.3 is 7.82 Å². The zero-order valence-electron chi connectivity index (χ0n) is 42.9. The number of imidazole rings is 1. The Morgan fingerprint density at radius 2 is 1.56 bits per heavy atom. The molecule has 1 aliphatic rings. The van der Waals surface area contributed by atoms with Crippen molar-refractivity contribution >= 4 is 61.4 Å². The van der Waals surface area contributed by atoms with Gasteiger partial charge < -0.3 is 55.5 Å². The molecule has 21 nitrogen and oxygen atoms in total. The number of thiol groups is 1. The number of aryl methyl sites for hydroxylation is 2. The Bertz CT molecular complexity index is 2090. The molecule has 0 bridgehead atoms. The summed E-state index contributed by atoms with van der Waals surface area (Å²) in [5.74, 6) is -6.08. The molecule has 7 atom stereocenters. The van der Waals surface area contributed by atoms with Gasteiger partial charge in [-0.3, -0.25) is 38.1 Å². The average Bonchev–Trinajstić information content (AvgIpc) is 4.02. The Morgan fingerprint density at radius 1 is 0.890 bits per heavy atom. The molecule has 73 heavy (non-hydrogen) atoms. The third-order valence-electron chi connectivity index (χ3n) is 12.7. The van der Waals surface area contributed by atoms with Crippen molar-refractivity contribution in [3.8, 4) is 0 Å². The van der Waals surface area contributed by atoms with Gasteiger partial charge in [-0.2, -0.15) is 12.6 Å². The number of aromatic nitrogens is 2. The average molecular weight is 1070 g/mol. The minimum absolute atomic E-state index is 0.00419. The minimum Gasteiger partial charge on any atom is -0.394 e. The maximum atomic E-state index is 14.4. The van der Waals surface area contributed by atoms with Gasteiger partial charge in [-0.05, 0) is 63.9 Å². The summed E-state index contributed by atoms with van der Waals surface area (Å²) in [6.07, 6.45) is 7.97. The number of amides is 4. The number of Topliss-reactive ketones (excluding diaryl/α,β-unsaturated/α-hetero) is 3. The van der Waals surface area contributed by atoms with Gasteiger partial charge in [0.1, 0.15) is 17.9 Å². The molecule has 0 unspecified atom stereocenters. The van der Waals surface area contributed by atoms with Crippen LogP contribution in [0.25, 0.3) is 0 Å². The van der Waals surface area contributed by atoms with Crippen LogP contribution in [0.3, 0.4) is 0 Å². The van der Waals surface area contributed by atoms with E-state index in [0.717, 1.165) is 45.4 Å². The molecular weight excluding hydrogens is 986 g/mol. The van der Waals surface area contributed by atoms with E-state index in [1.165, 1.54) is 17.4 Å². The maximum absolute atomic E-state index is 14.4. The lowest BCUT2D eigenvalue weighted by Gasteiger charge is -2.28. The van der Waals surface area contributed by atoms with Crippen molar-refractivity contribution in [1.29, 1.82) is 0 Å². The largest absolute Gasteiger partial charge is 0.469 e. The summed E-state index contributed by atoms with van der Waals surface area (Å²) in [7, 11) is -5.04. The van der Waals surface area contributed by atoms with Gasteiger partial charge in [-0.25, -0.2) is 9.55 Å². The first-order valence-corrected chi connectivity index (χ1v) is 27.5. The predicted octanol–water partition coefficient (Wildman–Crippen LogP) is 2.65. The van der Waals surface area contributed by atoms with Crippen LogP contribution >= 0.6 is 20.5 Å². The molecule has 0 radical (unpaired) electrons. The van der Waals surface area contributed by atoms with Crippen LogP contribution in [0.2, 0.25) is 0 Å². The van der Waals surface area contributed by atoms with Gasteiger partial charge in [-0.15, -0.1) is 0 Å². The molecule has 1 aliphatic heterocycles. The molecule has 4 amide bonds. The summed E-state index contributed by atoms with van der Waals surface area (Å²) in [4.78, 5) is 118. The van der Waals surface area contributed by atoms with Crippen LogP contribution in [0, 0.1) is 17.8 Å². The smallest absolute Gasteiger partial charge is 0.394 e. The van der Waals surface area contributed by atoms with Crippen molar-refractivity contribution in [2.24, 2.45) is 23.5 Å². The molecule has 410 valence electrons. The number of nitrogens with two attached hydrogens (primary N) is 1. The van der Waals surface area contributed by atoms with E-state index in [2.05, 4.69) is 50.2 Å². The summed E-state index contributed by atoms with van der Waals surface area (Å²) < 4.78 is 29.2. The molecule has 1 fully saturated rings. The van der Waals surface area contributed by atoms with Crippen LogP contribution in [0.4, 0.5) is 0 Å². The number of nitrogens with one attached hydrogen (secondary N) is 3. The minimum atomic E-state index is -5.04. The maximum Gasteiger partial charge on any atom is 0.469 e. The monoisotopic (exact) mass is 1070 g/mol. The second kappa shape index (κ2) is 33.5. The summed E-state index contributed by atoms with van der Waals surface area (Å²) in [6, 6.07) is 6.16. The summed E-state index contributed by atoms with van der Waals surface area (Å²) in [6.45, 7) is 7.18. The zero-order chi connectivity index (χ0) is 53.9. The standard InChI is InChI=1S/C50H80N7O14PS/c1-34(2)26-42(54-50(65)44-17-13-21-57(44)47(62)18-22-69-24-25-70-23-19-53-49(64)41(51)32-73)45(60)28-38(48(63)55-43(31-58)46(61)29-40(35(3)59)36(4)71-72(66,67)68)27-39-30-52-33-56(39)20-12-7-5-6-9-14-37-15-10-8-11-16-37/h8,10-11,15-16,30,33-34,36,38,40-44,58,73H,5-7,9,12-14,17-29,31-32,51H2,1-4H3,(H,53,64)(H,54,65)(H,55,63)(H2,66,67,68)/t36-,38-,40-,41+,42+,43+,44+/m1/s1. The van der Waals surface area contributed by atoms with Crippen molar-refractivity contribution in [3.63, 3.8) is 0 Å². The third-order valence-corrected chi connectivity index (χ3v) is 13.7. The Morgan fingerprint density at radius 3 is 2.22 bits per heavy atom. The lowest BCUT2D eigenvalue weighted by molar-refractivity contribution is -0.140. The molecule has 1 aromatic carbocycles. The highest BCUT2D eigenvalue weighted by Crippen LogP contribution is 2.39. The van der Waals surface area contributed by atoms with Crippen molar-refractivity contribution in [1.82, 2.24) is 30.4 Å². The summed E-state index contributed by atoms with van der Waals surface area (Å²) in [5.41, 5.74) is 7.56. The molecule has 3 rings (SSSR count). The molecule has 1 saturated heterocycles. The van der Waals surface area contributed by atoms with Crippen LogP contribution in [0.1, 0.15) is 110 Å². The van der Waals surface area contributed by atoms with Crippen LogP contribution in [0.15, 0.2) is 42.9 Å². The number of carbonyl (C=O) groups excluding carboxylic acids is 7. The zero-order valence-corrected chi connectivity index (χ0v) is 44.7. The topological polar surface area (TPSA) is 308 Å². The molecule has 2 aromatic rings. The van der Waals surface area contributed by atoms with E-state index >= 15 is 0 Å². The highest BCUT2D eigenvalue weighted by Gasteiger charge is 2.38. The van der Waals surface area contributed by atoms with E-state index in [9.17, 15) is 53.0 Å². The molecule has 0 aliphatic carbocycles. The summed E-state index contributed by atoms with van der Waals surface area (Å²) >= 11 is 4.00. The number of hydrogen-bond acceptors (Lipinski definition) is 15. The van der Waals surface area contributed by atoms with E-state index in [1.807, 2.05) is 36.6 Å². The van der Waals surface area contributed by atoms with Crippen LogP contribution in [-0.4, -0.2) is 152 Å². The second-order valence-electron chi connectivity index (χ2n) is 19.1. The van der Waals surface area contributed by atoms with E-state index < -0.39 is 92.1 Å². The van der Waals surface area contributed by atoms with E-state index in [0.29, 0.717) is 31.6 Å². The van der Waals surface area contributed by atoms with Gasteiger partial charge in [0.2, 0.25) is 23.6 Å². The van der Waals surface area contributed by atoms with Gasteiger partial charge in [0.15, 0.2) is 11.6 Å². The first-order valence-electron chi connectivity index (χ1n) is 25.4. The number of phosphoric acid groups is 1. The number of unbranched alkanes of at least 4 members (excludes halogenated alkanes) is 4. The first-order chi connectivity index (χ1) is 34.7. The number of nitrogens with zero attached hydrogens (tertiary/aromatic N) is 3. The van der Waals surface area contributed by atoms with Gasteiger partial charge in [0, 0.05) is 56.5 Å². The van der Waals surface area contributed by atoms with Crippen LogP contribution in [0.5, 0.6) is 0 Å². The van der Waals surface area contributed by atoms with E-state index in [1.54, 1.807) is 12.5 Å². The SMILES string of the molecule is CC(=O)[C@@H](CC(=O)[C@H](CO)NC(=O)[C@@H](CC(=O)[C@H](CC(C)C)NC(=O)[C@@H]1CCCN1C(=O)CCOCCOCCNC(=O)[C@@H](N)CS)Cc1cncn1CCCCCCCc1ccccc1)[C@@H](C)OP(=O)(O)O. The molecule has 0 saturated carbocycles. The number of phosphoric ester groups is 1. The Hall–Kier alpha value is -4.38. The molecule has 1 aromatic heterocycles. The molecular formula is C50H80N7O14PS. The lowest BCUT2D eigenvalue weighted by atomic mass is 9.89. The number of likely N-dealkylation sites (tertiary alicyclic amines) is 1. The van der Waals surface area contributed by atoms with Crippen LogP contribution in [-0.2, 0) is 71.5 Å². The number of aliphatic hydroxyl groups is 1. The normalized spacial score (nSPS) is 16.3. The molecule has 0 spiro atoms. The van der Waals surface area contributed by atoms with Crippen molar-refractivity contribution in [2.45, 2.75) is 148 Å². The highest BCUT2D eigenvalue weighted by molar-refractivity contribution is 7.80. The number of rotatable bonds is 38. The fraction of sp³-hybridized carbons (Fsp3) is 0.680. The van der Waals surface area contributed by atoms with Crippen molar-refractivity contribution < 1.29 is 67.0 Å². The van der Waals surface area contributed by atoms with Crippen LogP contribution < -0.4 is 21.7 Å². The quantitative estimate of drug-likeness (QED) is 0.0272. The van der Waals surface area contributed by atoms with Gasteiger partial charge in [0.05, 0.1) is 75.8 Å². The van der Waals surface area contributed by atoms with Gasteiger partial charge in [-0.1, -0.05) is 63.4 Å².